The molecule has 1 atom stereocenters. The van der Waals surface area contributed by atoms with Crippen molar-refractivity contribution >= 4 is 0 Å². The lowest BCUT2D eigenvalue weighted by atomic mass is 9.68. The largest absolute Gasteiger partial charge is 0.395 e. The highest BCUT2D eigenvalue weighted by molar-refractivity contribution is 4.89. The number of rotatable bonds is 5. The predicted octanol–water partition coefficient (Wildman–Crippen LogP) is 2.39. The van der Waals surface area contributed by atoms with E-state index in [0.29, 0.717) is 11.5 Å². The molecule has 2 N–H and O–H groups in total. The Morgan fingerprint density at radius 3 is 2.21 bits per heavy atom. The lowest BCUT2D eigenvalue weighted by Gasteiger charge is -2.45. The van der Waals surface area contributed by atoms with Crippen LogP contribution in [0.1, 0.15) is 58.8 Å². The molecule has 0 bridgehead atoms. The zero-order valence-electron chi connectivity index (χ0n) is 12.8. The van der Waals surface area contributed by atoms with E-state index >= 15 is 0 Å². The van der Waals surface area contributed by atoms with Gasteiger partial charge < -0.3 is 15.3 Å². The Morgan fingerprint density at radius 1 is 1.05 bits per heavy atom. The van der Waals surface area contributed by atoms with Crippen LogP contribution in [0.2, 0.25) is 0 Å². The first-order chi connectivity index (χ1) is 9.13. The normalized spacial score (nSPS) is 25.9. The fourth-order valence-corrected chi connectivity index (χ4v) is 3.96. The fourth-order valence-electron chi connectivity index (χ4n) is 3.96. The zero-order valence-corrected chi connectivity index (χ0v) is 12.8. The van der Waals surface area contributed by atoms with E-state index in [2.05, 4.69) is 24.1 Å². The second kappa shape index (κ2) is 7.05. The van der Waals surface area contributed by atoms with Gasteiger partial charge in [0.25, 0.3) is 0 Å². The molecule has 1 aliphatic heterocycles. The van der Waals surface area contributed by atoms with Crippen molar-refractivity contribution < 1.29 is 5.11 Å². The van der Waals surface area contributed by atoms with Crippen molar-refractivity contribution in [2.24, 2.45) is 5.41 Å². The standard InChI is InChI=1S/C16H32N2O/c1-14(2)17-15(13-19)12-18-10-8-16(9-11-18)6-4-3-5-7-16/h14-15,17,19H,3-13H2,1-2H3. The van der Waals surface area contributed by atoms with Gasteiger partial charge in [-0.05, 0) is 44.2 Å². The summed E-state index contributed by atoms with van der Waals surface area (Å²) < 4.78 is 0. The molecule has 2 rings (SSSR count). The molecule has 1 aliphatic carbocycles. The number of nitrogens with one attached hydrogen (secondary N) is 1. The number of hydrogen-bond donors (Lipinski definition) is 2. The van der Waals surface area contributed by atoms with Crippen LogP contribution in [0.3, 0.4) is 0 Å². The molecule has 19 heavy (non-hydrogen) atoms. The van der Waals surface area contributed by atoms with Gasteiger partial charge >= 0.3 is 0 Å². The summed E-state index contributed by atoms with van der Waals surface area (Å²) in [5.74, 6) is 0. The molecular formula is C16H32N2O. The molecular weight excluding hydrogens is 236 g/mol. The maximum atomic E-state index is 9.46. The third-order valence-electron chi connectivity index (χ3n) is 5.10. The molecule has 1 heterocycles. The summed E-state index contributed by atoms with van der Waals surface area (Å²) in [6.07, 6.45) is 10.1. The first-order valence-electron chi connectivity index (χ1n) is 8.23. The van der Waals surface area contributed by atoms with Crippen LogP contribution in [0.25, 0.3) is 0 Å². The molecule has 112 valence electrons. The third kappa shape index (κ3) is 4.44. The Labute approximate surface area is 118 Å². The van der Waals surface area contributed by atoms with Crippen molar-refractivity contribution in [2.75, 3.05) is 26.2 Å². The summed E-state index contributed by atoms with van der Waals surface area (Å²) in [6, 6.07) is 0.687. The highest BCUT2D eigenvalue weighted by Gasteiger charge is 2.35. The Hall–Kier alpha value is -0.120. The number of piperidine rings is 1. The molecule has 1 saturated heterocycles. The van der Waals surface area contributed by atoms with Gasteiger partial charge in [-0.3, -0.25) is 0 Å². The van der Waals surface area contributed by atoms with Gasteiger partial charge in [0, 0.05) is 18.6 Å². The molecule has 3 nitrogen and oxygen atoms in total. The average Bonchev–Trinajstić information content (AvgIpc) is 2.41. The van der Waals surface area contributed by atoms with Gasteiger partial charge in [-0.2, -0.15) is 0 Å². The summed E-state index contributed by atoms with van der Waals surface area (Å²) in [6.45, 7) is 8.02. The summed E-state index contributed by atoms with van der Waals surface area (Å²) in [7, 11) is 0. The van der Waals surface area contributed by atoms with Crippen molar-refractivity contribution in [3.05, 3.63) is 0 Å². The zero-order chi connectivity index (χ0) is 13.7. The summed E-state index contributed by atoms with van der Waals surface area (Å²) in [5.41, 5.74) is 0.689. The van der Waals surface area contributed by atoms with E-state index in [1.54, 1.807) is 0 Å². The molecule has 2 fully saturated rings. The topological polar surface area (TPSA) is 35.5 Å². The lowest BCUT2D eigenvalue weighted by Crippen LogP contribution is -2.49. The first kappa shape index (κ1) is 15.3. The van der Waals surface area contributed by atoms with E-state index in [4.69, 9.17) is 0 Å². The van der Waals surface area contributed by atoms with Crippen LogP contribution in [-0.4, -0.2) is 48.3 Å². The Morgan fingerprint density at radius 2 is 1.68 bits per heavy atom. The van der Waals surface area contributed by atoms with Crippen LogP contribution in [0.15, 0.2) is 0 Å². The number of aliphatic hydroxyl groups is 1. The summed E-state index contributed by atoms with van der Waals surface area (Å²) >= 11 is 0. The van der Waals surface area contributed by atoms with Gasteiger partial charge in [0.2, 0.25) is 0 Å². The average molecular weight is 268 g/mol. The lowest BCUT2D eigenvalue weighted by molar-refractivity contribution is 0.0572. The Kier molecular flexibility index (Phi) is 5.67. The molecule has 0 aromatic heterocycles. The van der Waals surface area contributed by atoms with Crippen LogP contribution in [0.5, 0.6) is 0 Å². The van der Waals surface area contributed by atoms with Crippen LogP contribution >= 0.6 is 0 Å². The number of likely N-dealkylation sites (tertiary alicyclic amines) is 1. The maximum Gasteiger partial charge on any atom is 0.0597 e. The summed E-state index contributed by atoms with van der Waals surface area (Å²) in [4.78, 5) is 2.55. The molecule has 1 spiro atoms. The molecule has 1 saturated carbocycles. The van der Waals surface area contributed by atoms with E-state index in [0.717, 1.165) is 6.54 Å². The molecule has 2 aliphatic rings. The van der Waals surface area contributed by atoms with Gasteiger partial charge in [0.1, 0.15) is 0 Å². The second-order valence-electron chi connectivity index (χ2n) is 7.06. The minimum atomic E-state index is 0.236. The van der Waals surface area contributed by atoms with Crippen molar-refractivity contribution in [1.29, 1.82) is 0 Å². The van der Waals surface area contributed by atoms with Gasteiger partial charge in [-0.15, -0.1) is 0 Å². The molecule has 0 aromatic rings. The third-order valence-corrected chi connectivity index (χ3v) is 5.10. The molecule has 0 aromatic carbocycles. The monoisotopic (exact) mass is 268 g/mol. The molecule has 0 radical (unpaired) electrons. The van der Waals surface area contributed by atoms with E-state index in [9.17, 15) is 5.11 Å². The highest BCUT2D eigenvalue weighted by atomic mass is 16.3. The SMILES string of the molecule is CC(C)NC(CO)CN1CCC2(CCCCC2)CC1. The van der Waals surface area contributed by atoms with Gasteiger partial charge in [0.15, 0.2) is 0 Å². The predicted molar refractivity (Wildman–Crippen MR) is 80.3 cm³/mol. The fraction of sp³-hybridized carbons (Fsp3) is 1.00. The number of nitrogens with zero attached hydrogens (tertiary/aromatic N) is 1. The van der Waals surface area contributed by atoms with Crippen LogP contribution in [0.4, 0.5) is 0 Å². The van der Waals surface area contributed by atoms with Crippen molar-refractivity contribution in [2.45, 2.75) is 70.9 Å². The van der Waals surface area contributed by atoms with E-state index in [-0.39, 0.29) is 12.6 Å². The Balaban J connectivity index is 1.76. The van der Waals surface area contributed by atoms with Crippen LogP contribution in [0, 0.1) is 5.41 Å². The number of aliphatic hydroxyl groups excluding tert-OH is 1. The van der Waals surface area contributed by atoms with E-state index in [1.165, 1.54) is 58.0 Å². The van der Waals surface area contributed by atoms with Crippen molar-refractivity contribution in [3.8, 4) is 0 Å². The Bertz CT molecular complexity index is 251. The van der Waals surface area contributed by atoms with Gasteiger partial charge in [-0.25, -0.2) is 0 Å². The maximum absolute atomic E-state index is 9.46. The van der Waals surface area contributed by atoms with Crippen molar-refractivity contribution in [1.82, 2.24) is 10.2 Å². The first-order valence-corrected chi connectivity index (χ1v) is 8.23. The highest BCUT2D eigenvalue weighted by Crippen LogP contribution is 2.44. The van der Waals surface area contributed by atoms with Crippen molar-refractivity contribution in [3.63, 3.8) is 0 Å². The summed E-state index contributed by atoms with van der Waals surface area (Å²) in [5, 5.41) is 12.9. The molecule has 0 amide bonds. The van der Waals surface area contributed by atoms with Crippen LogP contribution in [-0.2, 0) is 0 Å². The van der Waals surface area contributed by atoms with E-state index < -0.39 is 0 Å². The van der Waals surface area contributed by atoms with Gasteiger partial charge in [0.05, 0.1) is 6.61 Å². The smallest absolute Gasteiger partial charge is 0.0597 e. The van der Waals surface area contributed by atoms with Gasteiger partial charge in [-0.1, -0.05) is 33.1 Å². The minimum Gasteiger partial charge on any atom is -0.395 e. The van der Waals surface area contributed by atoms with Crippen LogP contribution < -0.4 is 5.32 Å². The van der Waals surface area contributed by atoms with E-state index in [1.807, 2.05) is 0 Å². The molecule has 1 unspecified atom stereocenters. The second-order valence-corrected chi connectivity index (χ2v) is 7.06. The minimum absolute atomic E-state index is 0.236. The number of hydrogen-bond acceptors (Lipinski definition) is 3. The molecule has 3 heteroatoms. The quantitative estimate of drug-likeness (QED) is 0.803.